The number of carbonyl (C=O) groups excluding carboxylic acids is 2. The molecule has 2 atom stereocenters. The molecule has 166 valence electrons. The number of rotatable bonds is 12. The van der Waals surface area contributed by atoms with Gasteiger partial charge in [-0.2, -0.15) is 0 Å². The molecule has 0 saturated heterocycles. The fourth-order valence-corrected chi connectivity index (χ4v) is 3.74. The summed E-state index contributed by atoms with van der Waals surface area (Å²) in [4.78, 5) is 33.3. The second-order valence-corrected chi connectivity index (χ2v) is 8.77. The number of nitrogens with zero attached hydrogens (tertiary/aromatic N) is 1. The van der Waals surface area contributed by atoms with Crippen molar-refractivity contribution in [3.63, 3.8) is 0 Å². The average molecular weight is 411 g/mol. The monoisotopic (exact) mass is 410 g/mol. The van der Waals surface area contributed by atoms with Gasteiger partial charge in [-0.1, -0.05) is 40.7 Å². The number of ether oxygens (including phenoxy) is 1. The lowest BCUT2D eigenvalue weighted by Gasteiger charge is -2.30. The van der Waals surface area contributed by atoms with E-state index in [4.69, 9.17) is 15.7 Å². The van der Waals surface area contributed by atoms with E-state index < -0.39 is 5.41 Å². The molecule has 0 amide bonds. The zero-order chi connectivity index (χ0) is 22.0. The first-order chi connectivity index (χ1) is 13.6. The van der Waals surface area contributed by atoms with Crippen LogP contribution in [-0.2, 0) is 19.2 Å². The molecule has 7 nitrogen and oxygen atoms in total. The molecule has 0 aromatic heterocycles. The van der Waals surface area contributed by atoms with Crippen LogP contribution in [-0.4, -0.2) is 35.5 Å². The number of amidine groups is 1. The van der Waals surface area contributed by atoms with Crippen molar-refractivity contribution >= 4 is 17.6 Å². The number of nitrogens with two attached hydrogens (primary N) is 1. The Hall–Kier alpha value is -1.89. The van der Waals surface area contributed by atoms with E-state index in [0.29, 0.717) is 25.1 Å². The van der Waals surface area contributed by atoms with Gasteiger partial charge in [-0.05, 0) is 38.5 Å². The number of hydrogen-bond acceptors (Lipinski definition) is 6. The Balaban J connectivity index is 2.76. The number of ketones is 1. The van der Waals surface area contributed by atoms with Crippen LogP contribution in [0.1, 0.15) is 79.1 Å². The van der Waals surface area contributed by atoms with E-state index in [0.717, 1.165) is 25.7 Å². The van der Waals surface area contributed by atoms with E-state index in [1.54, 1.807) is 0 Å². The lowest BCUT2D eigenvalue weighted by molar-refractivity contribution is -0.202. The summed E-state index contributed by atoms with van der Waals surface area (Å²) < 4.78 is 5.68. The predicted molar refractivity (Wildman–Crippen MR) is 113 cm³/mol. The summed E-state index contributed by atoms with van der Waals surface area (Å²) >= 11 is 0. The van der Waals surface area contributed by atoms with Gasteiger partial charge in [0.2, 0.25) is 0 Å². The van der Waals surface area contributed by atoms with Crippen LogP contribution < -0.4 is 5.73 Å². The molecule has 1 saturated carbocycles. The Morgan fingerprint density at radius 2 is 1.90 bits per heavy atom. The van der Waals surface area contributed by atoms with Gasteiger partial charge < -0.3 is 15.4 Å². The molecule has 1 aliphatic carbocycles. The minimum Gasteiger partial charge on any atom is -0.462 e. The zero-order valence-corrected chi connectivity index (χ0v) is 18.4. The first-order valence-electron chi connectivity index (χ1n) is 10.6. The molecule has 0 spiro atoms. The van der Waals surface area contributed by atoms with Gasteiger partial charge in [0.05, 0.1) is 11.8 Å². The molecule has 29 heavy (non-hydrogen) atoms. The van der Waals surface area contributed by atoms with Gasteiger partial charge in [-0.25, -0.2) is 5.26 Å². The number of esters is 1. The van der Waals surface area contributed by atoms with E-state index in [1.165, 1.54) is 6.42 Å². The highest BCUT2D eigenvalue weighted by Gasteiger charge is 2.33. The fraction of sp³-hybridized carbons (Fsp3) is 0.773. The van der Waals surface area contributed by atoms with Crippen LogP contribution in [0, 0.1) is 17.3 Å². The highest BCUT2D eigenvalue weighted by Crippen LogP contribution is 2.32. The van der Waals surface area contributed by atoms with Crippen LogP contribution in [0.15, 0.2) is 17.3 Å². The summed E-state index contributed by atoms with van der Waals surface area (Å²) in [5.41, 5.74) is 5.57. The van der Waals surface area contributed by atoms with E-state index in [2.05, 4.69) is 16.5 Å². The Morgan fingerprint density at radius 1 is 1.28 bits per heavy atom. The number of hydrogen-bond donors (Lipinski definition) is 2. The third kappa shape index (κ3) is 8.56. The molecule has 3 N–H and O–H groups in total. The van der Waals surface area contributed by atoms with Crippen molar-refractivity contribution in [1.29, 1.82) is 0 Å². The summed E-state index contributed by atoms with van der Waals surface area (Å²) in [5.74, 6) is -0.345. The number of carbonyl (C=O) groups is 2. The summed E-state index contributed by atoms with van der Waals surface area (Å²) in [6, 6.07) is 0. The molecule has 0 bridgehead atoms. The normalized spacial score (nSPS) is 18.0. The van der Waals surface area contributed by atoms with Crippen molar-refractivity contribution < 1.29 is 24.5 Å². The Labute approximate surface area is 174 Å². The molecule has 0 radical (unpaired) electrons. The molecule has 1 rings (SSSR count). The standard InChI is InChI=1S/C22H38N2O5/c1-6-19(25)17(13-22(4,5)21(23)24-14-16(3)29-27)12-15(2)20(26)28-18-10-8-7-9-11-18/h15,17-18,27H,3,6-14H2,1-2,4-5H3,(H2,23,24). The maximum Gasteiger partial charge on any atom is 0.308 e. The summed E-state index contributed by atoms with van der Waals surface area (Å²) in [6.07, 6.45) is 6.58. The van der Waals surface area contributed by atoms with Crippen molar-refractivity contribution in [1.82, 2.24) is 0 Å². The van der Waals surface area contributed by atoms with E-state index in [-0.39, 0.29) is 42.0 Å². The molecule has 2 unspecified atom stereocenters. The molecule has 0 aromatic carbocycles. The molecule has 0 aromatic rings. The highest BCUT2D eigenvalue weighted by atomic mass is 17.1. The van der Waals surface area contributed by atoms with Crippen molar-refractivity contribution in [2.45, 2.75) is 85.2 Å². The molecular weight excluding hydrogens is 372 g/mol. The first kappa shape index (κ1) is 25.1. The SMILES string of the molecule is C=C(CN=C(N)C(C)(C)CC(CC(C)C(=O)OC1CCCCC1)C(=O)CC)OO. The summed E-state index contributed by atoms with van der Waals surface area (Å²) in [5, 5.41) is 8.57. The van der Waals surface area contributed by atoms with Crippen molar-refractivity contribution in [3.05, 3.63) is 12.3 Å². The van der Waals surface area contributed by atoms with Gasteiger partial charge in [-0.15, -0.1) is 0 Å². The van der Waals surface area contributed by atoms with Crippen LogP contribution in [0.2, 0.25) is 0 Å². The van der Waals surface area contributed by atoms with Crippen molar-refractivity contribution in [2.24, 2.45) is 28.0 Å². The molecule has 1 fully saturated rings. The van der Waals surface area contributed by atoms with Gasteiger partial charge in [-0.3, -0.25) is 14.6 Å². The van der Waals surface area contributed by atoms with Gasteiger partial charge in [0.15, 0.2) is 5.76 Å². The summed E-state index contributed by atoms with van der Waals surface area (Å²) in [7, 11) is 0. The van der Waals surface area contributed by atoms with Crippen LogP contribution in [0.25, 0.3) is 0 Å². The second kappa shape index (κ2) is 12.0. The highest BCUT2D eigenvalue weighted by molar-refractivity contribution is 5.87. The molecule has 0 aliphatic heterocycles. The number of Topliss-reactive ketones (excluding diaryl/α,β-unsaturated/α-hetero) is 1. The Morgan fingerprint density at radius 3 is 2.45 bits per heavy atom. The van der Waals surface area contributed by atoms with E-state index in [1.807, 2.05) is 27.7 Å². The predicted octanol–water partition coefficient (Wildman–Crippen LogP) is 4.26. The van der Waals surface area contributed by atoms with Crippen LogP contribution >= 0.6 is 0 Å². The Bertz CT molecular complexity index is 594. The third-order valence-electron chi connectivity index (χ3n) is 5.68. The van der Waals surface area contributed by atoms with E-state index >= 15 is 0 Å². The van der Waals surface area contributed by atoms with Gasteiger partial charge in [0.1, 0.15) is 18.4 Å². The maximum absolute atomic E-state index is 12.6. The largest absolute Gasteiger partial charge is 0.462 e. The first-order valence-corrected chi connectivity index (χ1v) is 10.6. The van der Waals surface area contributed by atoms with Gasteiger partial charge >= 0.3 is 5.97 Å². The minimum absolute atomic E-state index is 0.0140. The lowest BCUT2D eigenvalue weighted by Crippen LogP contribution is -2.37. The molecule has 0 heterocycles. The second-order valence-electron chi connectivity index (χ2n) is 8.77. The molecular formula is C22H38N2O5. The van der Waals surface area contributed by atoms with Crippen LogP contribution in [0.3, 0.4) is 0 Å². The van der Waals surface area contributed by atoms with Crippen molar-refractivity contribution in [2.75, 3.05) is 6.54 Å². The fourth-order valence-electron chi connectivity index (χ4n) is 3.74. The van der Waals surface area contributed by atoms with Crippen molar-refractivity contribution in [3.8, 4) is 0 Å². The average Bonchev–Trinajstić information content (AvgIpc) is 2.70. The van der Waals surface area contributed by atoms with Gasteiger partial charge in [0.25, 0.3) is 0 Å². The quantitative estimate of drug-likeness (QED) is 0.124. The summed E-state index contributed by atoms with van der Waals surface area (Å²) in [6.45, 7) is 11.0. The Kier molecular flexibility index (Phi) is 10.4. The minimum atomic E-state index is -0.557. The lowest BCUT2D eigenvalue weighted by atomic mass is 9.76. The zero-order valence-electron chi connectivity index (χ0n) is 18.4. The van der Waals surface area contributed by atoms with Gasteiger partial charge in [0, 0.05) is 17.8 Å². The number of aliphatic imine (C=N–C) groups is 1. The smallest absolute Gasteiger partial charge is 0.308 e. The van der Waals surface area contributed by atoms with Crippen LogP contribution in [0.4, 0.5) is 0 Å². The third-order valence-corrected chi connectivity index (χ3v) is 5.68. The maximum atomic E-state index is 12.6. The van der Waals surface area contributed by atoms with Crippen LogP contribution in [0.5, 0.6) is 0 Å². The molecule has 1 aliphatic rings. The van der Waals surface area contributed by atoms with E-state index in [9.17, 15) is 9.59 Å². The molecule has 7 heteroatoms. The topological polar surface area (TPSA) is 111 Å².